The van der Waals surface area contributed by atoms with Crippen molar-refractivity contribution in [1.82, 2.24) is 20.3 Å². The average Bonchev–Trinajstić information content (AvgIpc) is 2.73. The van der Waals surface area contributed by atoms with Gasteiger partial charge in [-0.1, -0.05) is 36.4 Å². The van der Waals surface area contributed by atoms with Crippen molar-refractivity contribution in [2.75, 3.05) is 11.1 Å². The number of para-hydroxylation sites is 1. The van der Waals surface area contributed by atoms with Crippen LogP contribution in [0.25, 0.3) is 0 Å². The second-order valence-corrected chi connectivity index (χ2v) is 6.09. The Bertz CT molecular complexity index is 982. The summed E-state index contributed by atoms with van der Waals surface area (Å²) in [7, 11) is 0. The number of benzene rings is 2. The highest BCUT2D eigenvalue weighted by molar-refractivity contribution is 5.96. The van der Waals surface area contributed by atoms with Crippen molar-refractivity contribution in [3.63, 3.8) is 0 Å². The number of nitrogens with one attached hydrogen (secondary N) is 2. The van der Waals surface area contributed by atoms with Crippen molar-refractivity contribution < 1.29 is 14.3 Å². The highest BCUT2D eigenvalue weighted by Crippen LogP contribution is 2.13. The molecular formula is C20H20N6O3. The molecule has 1 amide bonds. The Morgan fingerprint density at radius 2 is 1.66 bits per heavy atom. The van der Waals surface area contributed by atoms with Gasteiger partial charge in [-0.3, -0.25) is 4.79 Å². The molecule has 0 bridgehead atoms. The maximum absolute atomic E-state index is 12.2. The quantitative estimate of drug-likeness (QED) is 0.521. The third-order valence-corrected chi connectivity index (χ3v) is 3.81. The van der Waals surface area contributed by atoms with Gasteiger partial charge in [-0.15, -0.1) is 0 Å². The second kappa shape index (κ2) is 9.27. The number of carbonyl (C=O) groups excluding carboxylic acids is 2. The fraction of sp³-hybridized carbons (Fsp3) is 0.150. The molecule has 1 aromatic heterocycles. The standard InChI is InChI=1S/C20H20N6O3/c1-13(22-17(27)14-8-4-2-5-9-14)18(28)29-12-16-24-19(21)26-20(25-16)23-15-10-6-3-7-11-15/h2-11,13H,12H2,1H3,(H,22,27)(H3,21,23,24,25,26). The molecule has 0 saturated heterocycles. The van der Waals surface area contributed by atoms with E-state index in [-0.39, 0.29) is 30.2 Å². The van der Waals surface area contributed by atoms with Crippen LogP contribution in [0.4, 0.5) is 17.6 Å². The first-order chi connectivity index (χ1) is 14.0. The second-order valence-electron chi connectivity index (χ2n) is 6.09. The van der Waals surface area contributed by atoms with E-state index in [4.69, 9.17) is 10.5 Å². The Morgan fingerprint density at radius 3 is 2.34 bits per heavy atom. The predicted molar refractivity (Wildman–Crippen MR) is 107 cm³/mol. The van der Waals surface area contributed by atoms with Gasteiger partial charge in [-0.05, 0) is 31.2 Å². The number of nitrogen functional groups attached to an aromatic ring is 1. The summed E-state index contributed by atoms with van der Waals surface area (Å²) in [5.41, 5.74) is 6.94. The summed E-state index contributed by atoms with van der Waals surface area (Å²) in [5.74, 6) is -0.569. The summed E-state index contributed by atoms with van der Waals surface area (Å²) in [4.78, 5) is 36.5. The first-order valence-electron chi connectivity index (χ1n) is 8.86. The molecule has 3 aromatic rings. The number of rotatable bonds is 7. The van der Waals surface area contributed by atoms with Crippen LogP contribution in [-0.2, 0) is 16.1 Å². The minimum Gasteiger partial charge on any atom is -0.456 e. The molecule has 29 heavy (non-hydrogen) atoms. The van der Waals surface area contributed by atoms with Crippen molar-refractivity contribution in [1.29, 1.82) is 0 Å². The van der Waals surface area contributed by atoms with Crippen LogP contribution in [0.1, 0.15) is 23.1 Å². The lowest BCUT2D eigenvalue weighted by Crippen LogP contribution is -2.39. The number of aromatic nitrogens is 3. The van der Waals surface area contributed by atoms with Gasteiger partial charge in [-0.2, -0.15) is 15.0 Å². The van der Waals surface area contributed by atoms with E-state index in [9.17, 15) is 9.59 Å². The smallest absolute Gasteiger partial charge is 0.328 e. The normalized spacial score (nSPS) is 11.3. The van der Waals surface area contributed by atoms with Crippen LogP contribution in [0.3, 0.4) is 0 Å². The molecule has 0 fully saturated rings. The third kappa shape index (κ3) is 5.73. The maximum Gasteiger partial charge on any atom is 0.328 e. The lowest BCUT2D eigenvalue weighted by atomic mass is 10.2. The van der Waals surface area contributed by atoms with Crippen LogP contribution in [-0.4, -0.2) is 32.9 Å². The number of esters is 1. The summed E-state index contributed by atoms with van der Waals surface area (Å²) in [6, 6.07) is 17.0. The van der Waals surface area contributed by atoms with Crippen molar-refractivity contribution in [3.05, 3.63) is 72.1 Å². The van der Waals surface area contributed by atoms with E-state index in [0.29, 0.717) is 5.56 Å². The van der Waals surface area contributed by atoms with E-state index >= 15 is 0 Å². The largest absolute Gasteiger partial charge is 0.456 e. The fourth-order valence-corrected chi connectivity index (χ4v) is 2.40. The van der Waals surface area contributed by atoms with E-state index in [1.807, 2.05) is 30.3 Å². The molecular weight excluding hydrogens is 372 g/mol. The van der Waals surface area contributed by atoms with Gasteiger partial charge < -0.3 is 21.1 Å². The van der Waals surface area contributed by atoms with Gasteiger partial charge in [0, 0.05) is 11.3 Å². The van der Waals surface area contributed by atoms with Crippen LogP contribution in [0.5, 0.6) is 0 Å². The molecule has 0 aliphatic rings. The zero-order valence-corrected chi connectivity index (χ0v) is 15.7. The molecule has 9 heteroatoms. The number of ether oxygens (including phenoxy) is 1. The SMILES string of the molecule is CC(NC(=O)c1ccccc1)C(=O)OCc1nc(N)nc(Nc2ccccc2)n1. The highest BCUT2D eigenvalue weighted by atomic mass is 16.5. The number of anilines is 3. The highest BCUT2D eigenvalue weighted by Gasteiger charge is 2.18. The van der Waals surface area contributed by atoms with Crippen molar-refractivity contribution in [3.8, 4) is 0 Å². The van der Waals surface area contributed by atoms with E-state index in [2.05, 4.69) is 25.6 Å². The van der Waals surface area contributed by atoms with E-state index < -0.39 is 12.0 Å². The maximum atomic E-state index is 12.2. The molecule has 2 aromatic carbocycles. The Kier molecular flexibility index (Phi) is 6.31. The summed E-state index contributed by atoms with van der Waals surface area (Å²) in [6.07, 6.45) is 0. The molecule has 0 saturated carbocycles. The monoisotopic (exact) mass is 392 g/mol. The van der Waals surface area contributed by atoms with Gasteiger partial charge in [0.25, 0.3) is 5.91 Å². The molecule has 0 aliphatic heterocycles. The van der Waals surface area contributed by atoms with Gasteiger partial charge in [0.2, 0.25) is 11.9 Å². The van der Waals surface area contributed by atoms with Gasteiger partial charge in [0.15, 0.2) is 12.4 Å². The van der Waals surface area contributed by atoms with Gasteiger partial charge in [0.1, 0.15) is 6.04 Å². The lowest BCUT2D eigenvalue weighted by molar-refractivity contribution is -0.147. The first-order valence-corrected chi connectivity index (χ1v) is 8.86. The molecule has 0 aliphatic carbocycles. The molecule has 4 N–H and O–H groups in total. The Hall–Kier alpha value is -4.01. The van der Waals surface area contributed by atoms with Crippen molar-refractivity contribution >= 4 is 29.5 Å². The van der Waals surface area contributed by atoms with Crippen LogP contribution >= 0.6 is 0 Å². The molecule has 0 spiro atoms. The number of hydrogen-bond donors (Lipinski definition) is 3. The number of hydrogen-bond acceptors (Lipinski definition) is 8. The van der Waals surface area contributed by atoms with Gasteiger partial charge >= 0.3 is 5.97 Å². The third-order valence-electron chi connectivity index (χ3n) is 3.81. The molecule has 0 radical (unpaired) electrons. The van der Waals surface area contributed by atoms with Crippen molar-refractivity contribution in [2.24, 2.45) is 0 Å². The van der Waals surface area contributed by atoms with E-state index in [1.165, 1.54) is 6.92 Å². The number of nitrogens with two attached hydrogens (primary N) is 1. The lowest BCUT2D eigenvalue weighted by Gasteiger charge is -2.13. The van der Waals surface area contributed by atoms with Crippen LogP contribution < -0.4 is 16.4 Å². The zero-order valence-electron chi connectivity index (χ0n) is 15.7. The summed E-state index contributed by atoms with van der Waals surface area (Å²) in [5, 5.41) is 5.58. The zero-order chi connectivity index (χ0) is 20.6. The molecule has 3 rings (SSSR count). The Balaban J connectivity index is 1.57. The minimum atomic E-state index is -0.844. The number of carbonyl (C=O) groups is 2. The summed E-state index contributed by atoms with van der Waals surface area (Å²) in [6.45, 7) is 1.33. The molecule has 9 nitrogen and oxygen atoms in total. The molecule has 1 heterocycles. The fourth-order valence-electron chi connectivity index (χ4n) is 2.40. The number of amides is 1. The summed E-state index contributed by atoms with van der Waals surface area (Å²) >= 11 is 0. The molecule has 148 valence electrons. The molecule has 1 atom stereocenters. The van der Waals surface area contributed by atoms with Crippen molar-refractivity contribution in [2.45, 2.75) is 19.6 Å². The molecule has 1 unspecified atom stereocenters. The minimum absolute atomic E-state index is 0.00471. The summed E-state index contributed by atoms with van der Waals surface area (Å²) < 4.78 is 5.20. The van der Waals surface area contributed by atoms with Gasteiger partial charge in [-0.25, -0.2) is 4.79 Å². The Labute approximate surface area is 167 Å². The van der Waals surface area contributed by atoms with E-state index in [1.54, 1.807) is 30.3 Å². The first kappa shape index (κ1) is 19.7. The Morgan fingerprint density at radius 1 is 1.00 bits per heavy atom. The topological polar surface area (TPSA) is 132 Å². The van der Waals surface area contributed by atoms with Crippen LogP contribution in [0.2, 0.25) is 0 Å². The average molecular weight is 392 g/mol. The predicted octanol–water partition coefficient (Wildman–Crippen LogP) is 2.06. The van der Waals surface area contributed by atoms with Crippen LogP contribution in [0, 0.1) is 0 Å². The van der Waals surface area contributed by atoms with Crippen LogP contribution in [0.15, 0.2) is 60.7 Å². The van der Waals surface area contributed by atoms with Gasteiger partial charge in [0.05, 0.1) is 0 Å². The number of nitrogens with zero attached hydrogens (tertiary/aromatic N) is 3. The van der Waals surface area contributed by atoms with E-state index in [0.717, 1.165) is 5.69 Å².